The van der Waals surface area contributed by atoms with Gasteiger partial charge in [-0.3, -0.25) is 14.5 Å². The average Bonchev–Trinajstić information content (AvgIpc) is 2.43. The third kappa shape index (κ3) is 4.75. The summed E-state index contributed by atoms with van der Waals surface area (Å²) in [7, 11) is 0. The van der Waals surface area contributed by atoms with Gasteiger partial charge in [0.1, 0.15) is 0 Å². The Bertz CT molecular complexity index is 521. The molecule has 2 rings (SSSR count). The Morgan fingerprint density at radius 1 is 1.43 bits per heavy atom. The van der Waals surface area contributed by atoms with E-state index in [0.29, 0.717) is 0 Å². The number of hydrogen-bond donors (Lipinski definition) is 2. The Kier molecular flexibility index (Phi) is 5.64. The molecular formula is C15H20N2O3S. The van der Waals surface area contributed by atoms with Gasteiger partial charge in [-0.15, -0.1) is 0 Å². The highest BCUT2D eigenvalue weighted by atomic mass is 32.2. The first-order chi connectivity index (χ1) is 10.1. The van der Waals surface area contributed by atoms with E-state index in [4.69, 9.17) is 5.11 Å². The van der Waals surface area contributed by atoms with Gasteiger partial charge in [-0.2, -0.15) is 11.8 Å². The standard InChI is InChI=1S/C15H20N2O3S/c1-11-4-2-3-5-13(11)16-14(18)9-17-6-7-21-10-12(17)8-15(19)20/h2-5,12H,6-10H2,1H3,(H,16,18)(H,19,20). The summed E-state index contributed by atoms with van der Waals surface area (Å²) in [6.45, 7) is 2.94. The van der Waals surface area contributed by atoms with Crippen LogP contribution in [0.4, 0.5) is 5.69 Å². The molecule has 1 saturated heterocycles. The summed E-state index contributed by atoms with van der Waals surface area (Å²) < 4.78 is 0. The maximum atomic E-state index is 12.2. The van der Waals surface area contributed by atoms with Crippen molar-refractivity contribution in [2.24, 2.45) is 0 Å². The van der Waals surface area contributed by atoms with Gasteiger partial charge in [0.25, 0.3) is 0 Å². The minimum atomic E-state index is -0.813. The second kappa shape index (κ2) is 7.47. The Balaban J connectivity index is 1.94. The third-order valence-electron chi connectivity index (χ3n) is 3.53. The predicted octanol–water partition coefficient (Wildman–Crippen LogP) is 1.83. The molecule has 1 amide bonds. The second-order valence-electron chi connectivity index (χ2n) is 5.16. The zero-order valence-electron chi connectivity index (χ0n) is 12.0. The van der Waals surface area contributed by atoms with Crippen molar-refractivity contribution in [1.29, 1.82) is 0 Å². The lowest BCUT2D eigenvalue weighted by atomic mass is 10.2. The lowest BCUT2D eigenvalue weighted by molar-refractivity contribution is -0.138. The van der Waals surface area contributed by atoms with Gasteiger partial charge in [-0.05, 0) is 18.6 Å². The number of hydrogen-bond acceptors (Lipinski definition) is 4. The fourth-order valence-corrected chi connectivity index (χ4v) is 3.51. The smallest absolute Gasteiger partial charge is 0.304 e. The maximum absolute atomic E-state index is 12.2. The predicted molar refractivity (Wildman–Crippen MR) is 84.7 cm³/mol. The van der Waals surface area contributed by atoms with Gasteiger partial charge >= 0.3 is 5.97 Å². The van der Waals surface area contributed by atoms with E-state index in [1.165, 1.54) is 0 Å². The van der Waals surface area contributed by atoms with E-state index in [2.05, 4.69) is 5.32 Å². The molecule has 1 aliphatic heterocycles. The third-order valence-corrected chi connectivity index (χ3v) is 4.62. The van der Waals surface area contributed by atoms with Crippen LogP contribution in [-0.2, 0) is 9.59 Å². The van der Waals surface area contributed by atoms with Crippen molar-refractivity contribution >= 4 is 29.3 Å². The zero-order chi connectivity index (χ0) is 15.2. The summed E-state index contributed by atoms with van der Waals surface area (Å²) in [6.07, 6.45) is 0.0879. The summed E-state index contributed by atoms with van der Waals surface area (Å²) >= 11 is 1.75. The van der Waals surface area contributed by atoms with Gasteiger partial charge in [0, 0.05) is 29.8 Å². The lowest BCUT2D eigenvalue weighted by Crippen LogP contribution is -2.47. The van der Waals surface area contributed by atoms with E-state index in [1.54, 1.807) is 11.8 Å². The number of aliphatic carboxylic acids is 1. The number of nitrogens with one attached hydrogen (secondary N) is 1. The van der Waals surface area contributed by atoms with Crippen LogP contribution in [0.3, 0.4) is 0 Å². The topological polar surface area (TPSA) is 69.6 Å². The SMILES string of the molecule is Cc1ccccc1NC(=O)CN1CCSCC1CC(=O)O. The van der Waals surface area contributed by atoms with Crippen molar-refractivity contribution in [1.82, 2.24) is 4.90 Å². The van der Waals surface area contributed by atoms with Crippen LogP contribution in [0.1, 0.15) is 12.0 Å². The number of nitrogens with zero attached hydrogens (tertiary/aromatic N) is 1. The number of anilines is 1. The molecule has 1 aliphatic rings. The van der Waals surface area contributed by atoms with E-state index in [0.717, 1.165) is 29.3 Å². The Morgan fingerprint density at radius 3 is 2.90 bits per heavy atom. The molecule has 21 heavy (non-hydrogen) atoms. The van der Waals surface area contributed by atoms with Gasteiger partial charge in [-0.25, -0.2) is 0 Å². The van der Waals surface area contributed by atoms with Crippen LogP contribution in [0.5, 0.6) is 0 Å². The summed E-state index contributed by atoms with van der Waals surface area (Å²) in [5.74, 6) is 0.802. The molecule has 0 radical (unpaired) electrons. The Morgan fingerprint density at radius 2 is 2.19 bits per heavy atom. The molecule has 2 N–H and O–H groups in total. The van der Waals surface area contributed by atoms with E-state index in [1.807, 2.05) is 36.1 Å². The van der Waals surface area contributed by atoms with Crippen molar-refractivity contribution in [3.63, 3.8) is 0 Å². The molecule has 0 saturated carbocycles. The van der Waals surface area contributed by atoms with Crippen LogP contribution < -0.4 is 5.32 Å². The van der Waals surface area contributed by atoms with Crippen molar-refractivity contribution in [2.75, 3.05) is 29.9 Å². The maximum Gasteiger partial charge on any atom is 0.304 e. The summed E-state index contributed by atoms with van der Waals surface area (Å²) in [4.78, 5) is 25.0. The molecule has 0 spiro atoms. The number of para-hydroxylation sites is 1. The van der Waals surface area contributed by atoms with E-state index in [9.17, 15) is 9.59 Å². The number of benzene rings is 1. The number of carbonyl (C=O) groups excluding carboxylic acids is 1. The number of aryl methyl sites for hydroxylation is 1. The minimum Gasteiger partial charge on any atom is -0.481 e. The van der Waals surface area contributed by atoms with Crippen LogP contribution in [0.25, 0.3) is 0 Å². The van der Waals surface area contributed by atoms with E-state index < -0.39 is 5.97 Å². The van der Waals surface area contributed by atoms with Gasteiger partial charge in [0.05, 0.1) is 13.0 Å². The van der Waals surface area contributed by atoms with Crippen molar-refractivity contribution in [3.8, 4) is 0 Å². The fraction of sp³-hybridized carbons (Fsp3) is 0.467. The van der Waals surface area contributed by atoms with Crippen LogP contribution in [-0.4, -0.2) is 52.5 Å². The van der Waals surface area contributed by atoms with Crippen LogP contribution in [0, 0.1) is 6.92 Å². The van der Waals surface area contributed by atoms with Gasteiger partial charge < -0.3 is 10.4 Å². The van der Waals surface area contributed by atoms with Crippen LogP contribution in [0.2, 0.25) is 0 Å². The van der Waals surface area contributed by atoms with Crippen molar-refractivity contribution in [3.05, 3.63) is 29.8 Å². The molecule has 0 aliphatic carbocycles. The van der Waals surface area contributed by atoms with Gasteiger partial charge in [-0.1, -0.05) is 18.2 Å². The number of thioether (sulfide) groups is 1. The Hall–Kier alpha value is -1.53. The number of amides is 1. The molecule has 1 atom stereocenters. The molecule has 1 unspecified atom stereocenters. The highest BCUT2D eigenvalue weighted by Crippen LogP contribution is 2.19. The number of carboxylic acids is 1. The monoisotopic (exact) mass is 308 g/mol. The summed E-state index contributed by atoms with van der Waals surface area (Å²) in [6, 6.07) is 7.56. The molecule has 114 valence electrons. The normalized spacial score (nSPS) is 19.2. The van der Waals surface area contributed by atoms with Gasteiger partial charge in [0.2, 0.25) is 5.91 Å². The highest BCUT2D eigenvalue weighted by molar-refractivity contribution is 7.99. The fourth-order valence-electron chi connectivity index (χ4n) is 2.37. The van der Waals surface area contributed by atoms with Crippen LogP contribution >= 0.6 is 11.8 Å². The number of carboxylic acid groups (broad SMARTS) is 1. The minimum absolute atomic E-state index is 0.0659. The molecule has 0 aromatic heterocycles. The molecule has 5 nitrogen and oxygen atoms in total. The van der Waals surface area contributed by atoms with Crippen molar-refractivity contribution < 1.29 is 14.7 Å². The summed E-state index contributed by atoms with van der Waals surface area (Å²) in [5, 5.41) is 11.8. The quantitative estimate of drug-likeness (QED) is 0.868. The molecule has 1 heterocycles. The molecule has 0 bridgehead atoms. The first-order valence-electron chi connectivity index (χ1n) is 6.95. The van der Waals surface area contributed by atoms with Crippen LogP contribution in [0.15, 0.2) is 24.3 Å². The molecule has 1 aromatic rings. The summed E-state index contributed by atoms with van der Waals surface area (Å²) in [5.41, 5.74) is 1.82. The first-order valence-corrected chi connectivity index (χ1v) is 8.11. The van der Waals surface area contributed by atoms with E-state index >= 15 is 0 Å². The lowest BCUT2D eigenvalue weighted by Gasteiger charge is -2.33. The molecular weight excluding hydrogens is 288 g/mol. The highest BCUT2D eigenvalue weighted by Gasteiger charge is 2.26. The molecule has 1 aromatic carbocycles. The van der Waals surface area contributed by atoms with Gasteiger partial charge in [0.15, 0.2) is 0 Å². The zero-order valence-corrected chi connectivity index (χ0v) is 12.9. The second-order valence-corrected chi connectivity index (χ2v) is 6.31. The largest absolute Gasteiger partial charge is 0.481 e. The van der Waals surface area contributed by atoms with E-state index in [-0.39, 0.29) is 24.9 Å². The average molecular weight is 308 g/mol. The molecule has 1 fully saturated rings. The van der Waals surface area contributed by atoms with Crippen molar-refractivity contribution in [2.45, 2.75) is 19.4 Å². The molecule has 6 heteroatoms. The number of carbonyl (C=O) groups is 2. The number of rotatable bonds is 5. The Labute approximate surface area is 128 Å². The first kappa shape index (κ1) is 15.9.